The summed E-state index contributed by atoms with van der Waals surface area (Å²) in [7, 11) is 0. The lowest BCUT2D eigenvalue weighted by Gasteiger charge is -2.32. The summed E-state index contributed by atoms with van der Waals surface area (Å²) in [4.78, 5) is 26.3. The van der Waals surface area contributed by atoms with Gasteiger partial charge in [-0.05, 0) is 42.0 Å². The minimum absolute atomic E-state index is 0.176. The first-order valence-electron chi connectivity index (χ1n) is 8.97. The summed E-state index contributed by atoms with van der Waals surface area (Å²) in [6, 6.07) is 11.3. The molecule has 1 heterocycles. The van der Waals surface area contributed by atoms with E-state index in [1.165, 1.54) is 17.0 Å². The van der Waals surface area contributed by atoms with Crippen molar-refractivity contribution in [2.45, 2.75) is 25.2 Å². The molecule has 2 aromatic carbocycles. The Morgan fingerprint density at radius 1 is 1.14 bits per heavy atom. The summed E-state index contributed by atoms with van der Waals surface area (Å²) < 4.78 is 43.6. The fraction of sp³-hybridized carbons (Fsp3) is 0.300. The number of halogens is 3. The Morgan fingerprint density at radius 2 is 1.79 bits per heavy atom. The van der Waals surface area contributed by atoms with Crippen molar-refractivity contribution < 1.29 is 27.5 Å². The van der Waals surface area contributed by atoms with Crippen molar-refractivity contribution >= 4 is 23.2 Å². The molecule has 29 heavy (non-hydrogen) atoms. The van der Waals surface area contributed by atoms with E-state index < -0.39 is 29.7 Å². The SMILES string of the molecule is NCc1ccc(NC(=O)C[C@H]2OCCN(c3ccc(C(F)(F)F)cc3)C2=O)cc1. The quantitative estimate of drug-likeness (QED) is 0.798. The van der Waals surface area contributed by atoms with Gasteiger partial charge in [0, 0.05) is 24.5 Å². The average molecular weight is 407 g/mol. The van der Waals surface area contributed by atoms with Crippen LogP contribution in [-0.2, 0) is 27.0 Å². The standard InChI is InChI=1S/C20H20F3N3O3/c21-20(22,23)14-3-7-16(8-4-14)26-9-10-29-17(19(26)28)11-18(27)25-15-5-1-13(12-24)2-6-15/h1-8,17H,9-12,24H2,(H,25,27)/t17-/m1/s1. The molecule has 0 bridgehead atoms. The largest absolute Gasteiger partial charge is 0.416 e. The van der Waals surface area contributed by atoms with Gasteiger partial charge in [0.2, 0.25) is 5.91 Å². The Morgan fingerprint density at radius 3 is 2.38 bits per heavy atom. The molecular weight excluding hydrogens is 387 g/mol. The first kappa shape index (κ1) is 20.8. The maximum atomic E-state index is 12.7. The summed E-state index contributed by atoms with van der Waals surface area (Å²) >= 11 is 0. The number of amides is 2. The van der Waals surface area contributed by atoms with Crippen LogP contribution in [0.25, 0.3) is 0 Å². The van der Waals surface area contributed by atoms with Gasteiger partial charge >= 0.3 is 6.18 Å². The average Bonchev–Trinajstić information content (AvgIpc) is 2.69. The maximum absolute atomic E-state index is 12.7. The number of carbonyl (C=O) groups is 2. The molecular formula is C20H20F3N3O3. The Bertz CT molecular complexity index is 867. The number of nitrogens with one attached hydrogen (secondary N) is 1. The van der Waals surface area contributed by atoms with Crippen LogP contribution in [0.3, 0.4) is 0 Å². The van der Waals surface area contributed by atoms with E-state index in [9.17, 15) is 22.8 Å². The van der Waals surface area contributed by atoms with Gasteiger partial charge in [0.05, 0.1) is 18.6 Å². The molecule has 3 N–H and O–H groups in total. The van der Waals surface area contributed by atoms with E-state index in [-0.39, 0.29) is 19.6 Å². The molecule has 6 nitrogen and oxygen atoms in total. The number of rotatable bonds is 5. The lowest BCUT2D eigenvalue weighted by Crippen LogP contribution is -2.49. The maximum Gasteiger partial charge on any atom is 0.416 e. The minimum atomic E-state index is -4.45. The third-order valence-electron chi connectivity index (χ3n) is 4.53. The van der Waals surface area contributed by atoms with Crippen LogP contribution in [0, 0.1) is 0 Å². The van der Waals surface area contributed by atoms with Crippen LogP contribution >= 0.6 is 0 Å². The molecule has 1 aliphatic rings. The second-order valence-electron chi connectivity index (χ2n) is 6.55. The van der Waals surface area contributed by atoms with Crippen molar-refractivity contribution in [3.8, 4) is 0 Å². The number of alkyl halides is 3. The molecule has 0 unspecified atom stereocenters. The number of carbonyl (C=O) groups excluding carboxylic acids is 2. The molecule has 0 radical (unpaired) electrons. The Kier molecular flexibility index (Phi) is 6.19. The second-order valence-corrected chi connectivity index (χ2v) is 6.55. The van der Waals surface area contributed by atoms with E-state index in [1.54, 1.807) is 24.3 Å². The summed E-state index contributed by atoms with van der Waals surface area (Å²) in [5, 5.41) is 2.68. The molecule has 2 amide bonds. The molecule has 0 spiro atoms. The molecule has 0 aromatic heterocycles. The van der Waals surface area contributed by atoms with Crippen molar-refractivity contribution in [2.75, 3.05) is 23.4 Å². The van der Waals surface area contributed by atoms with Crippen LogP contribution < -0.4 is 16.0 Å². The summed E-state index contributed by atoms with van der Waals surface area (Å²) in [5.41, 5.74) is 6.55. The van der Waals surface area contributed by atoms with Crippen molar-refractivity contribution in [1.82, 2.24) is 0 Å². The van der Waals surface area contributed by atoms with Gasteiger partial charge in [-0.25, -0.2) is 0 Å². The molecule has 9 heteroatoms. The van der Waals surface area contributed by atoms with Gasteiger partial charge in [0.25, 0.3) is 5.91 Å². The van der Waals surface area contributed by atoms with Gasteiger partial charge < -0.3 is 20.7 Å². The van der Waals surface area contributed by atoms with E-state index in [2.05, 4.69) is 5.32 Å². The number of hydrogen-bond acceptors (Lipinski definition) is 4. The van der Waals surface area contributed by atoms with Gasteiger partial charge in [0.1, 0.15) is 6.10 Å². The predicted molar refractivity (Wildman–Crippen MR) is 101 cm³/mol. The Balaban J connectivity index is 1.63. The first-order chi connectivity index (χ1) is 13.8. The van der Waals surface area contributed by atoms with Gasteiger partial charge in [-0.1, -0.05) is 12.1 Å². The fourth-order valence-corrected chi connectivity index (χ4v) is 2.98. The number of ether oxygens (including phenoxy) is 1. The highest BCUT2D eigenvalue weighted by atomic mass is 19.4. The number of benzene rings is 2. The third-order valence-corrected chi connectivity index (χ3v) is 4.53. The zero-order valence-electron chi connectivity index (χ0n) is 15.4. The fourth-order valence-electron chi connectivity index (χ4n) is 2.98. The summed E-state index contributed by atoms with van der Waals surface area (Å²) in [6.45, 7) is 0.761. The van der Waals surface area contributed by atoms with Crippen molar-refractivity contribution in [3.63, 3.8) is 0 Å². The summed E-state index contributed by atoms with van der Waals surface area (Å²) in [5.74, 6) is -0.872. The smallest absolute Gasteiger partial charge is 0.366 e. The zero-order chi connectivity index (χ0) is 21.0. The zero-order valence-corrected chi connectivity index (χ0v) is 15.4. The number of hydrogen-bond donors (Lipinski definition) is 2. The molecule has 1 saturated heterocycles. The summed E-state index contributed by atoms with van der Waals surface area (Å²) in [6.07, 6.45) is -5.65. The number of anilines is 2. The lowest BCUT2D eigenvalue weighted by atomic mass is 10.1. The first-order valence-corrected chi connectivity index (χ1v) is 8.97. The predicted octanol–water partition coefficient (Wildman–Crippen LogP) is 2.92. The monoisotopic (exact) mass is 407 g/mol. The Labute approximate surface area is 165 Å². The van der Waals surface area contributed by atoms with Gasteiger partial charge in [-0.2, -0.15) is 13.2 Å². The van der Waals surface area contributed by atoms with Crippen LogP contribution in [0.5, 0.6) is 0 Å². The molecule has 0 aliphatic carbocycles. The minimum Gasteiger partial charge on any atom is -0.366 e. The van der Waals surface area contributed by atoms with E-state index >= 15 is 0 Å². The lowest BCUT2D eigenvalue weighted by molar-refractivity contribution is -0.137. The molecule has 1 aliphatic heterocycles. The van der Waals surface area contributed by atoms with E-state index in [1.807, 2.05) is 0 Å². The van der Waals surface area contributed by atoms with Gasteiger partial charge in [-0.15, -0.1) is 0 Å². The molecule has 1 atom stereocenters. The van der Waals surface area contributed by atoms with E-state index in [4.69, 9.17) is 10.5 Å². The number of morpholine rings is 1. The van der Waals surface area contributed by atoms with Crippen LogP contribution in [0.2, 0.25) is 0 Å². The van der Waals surface area contributed by atoms with Crippen molar-refractivity contribution in [1.29, 1.82) is 0 Å². The molecule has 1 fully saturated rings. The topological polar surface area (TPSA) is 84.7 Å². The van der Waals surface area contributed by atoms with Crippen LogP contribution in [0.1, 0.15) is 17.5 Å². The normalized spacial score (nSPS) is 17.3. The third kappa shape index (κ3) is 5.12. The Hall–Kier alpha value is -2.91. The van der Waals surface area contributed by atoms with E-state index in [0.717, 1.165) is 17.7 Å². The van der Waals surface area contributed by atoms with Crippen molar-refractivity contribution in [3.05, 3.63) is 59.7 Å². The van der Waals surface area contributed by atoms with Gasteiger partial charge in [0.15, 0.2) is 0 Å². The highest BCUT2D eigenvalue weighted by Gasteiger charge is 2.34. The molecule has 2 aromatic rings. The van der Waals surface area contributed by atoms with Crippen LogP contribution in [-0.4, -0.2) is 31.1 Å². The highest BCUT2D eigenvalue weighted by molar-refractivity contribution is 6.01. The number of nitrogens with two attached hydrogens (primary N) is 1. The number of nitrogens with zero attached hydrogens (tertiary/aromatic N) is 1. The highest BCUT2D eigenvalue weighted by Crippen LogP contribution is 2.31. The molecule has 154 valence electrons. The van der Waals surface area contributed by atoms with E-state index in [0.29, 0.717) is 17.9 Å². The second kappa shape index (κ2) is 8.62. The van der Waals surface area contributed by atoms with Crippen LogP contribution in [0.4, 0.5) is 24.5 Å². The molecule has 3 rings (SSSR count). The van der Waals surface area contributed by atoms with Crippen LogP contribution in [0.15, 0.2) is 48.5 Å². The molecule has 0 saturated carbocycles. The van der Waals surface area contributed by atoms with Gasteiger partial charge in [-0.3, -0.25) is 9.59 Å². The van der Waals surface area contributed by atoms with Crippen molar-refractivity contribution in [2.24, 2.45) is 5.73 Å².